The Bertz CT molecular complexity index is 360. The summed E-state index contributed by atoms with van der Waals surface area (Å²) in [7, 11) is 2.07. The van der Waals surface area contributed by atoms with Gasteiger partial charge in [-0.2, -0.15) is 0 Å². The van der Waals surface area contributed by atoms with Crippen molar-refractivity contribution in [3.05, 3.63) is 18.2 Å². The Morgan fingerprint density at radius 3 is 2.94 bits per heavy atom. The second kappa shape index (κ2) is 6.34. The van der Waals surface area contributed by atoms with Gasteiger partial charge in [0.15, 0.2) is 0 Å². The Labute approximate surface area is 110 Å². The molecule has 1 saturated heterocycles. The molecule has 1 aliphatic heterocycles. The van der Waals surface area contributed by atoms with Crippen LogP contribution >= 0.6 is 0 Å². The van der Waals surface area contributed by atoms with Crippen LogP contribution in [0.5, 0.6) is 0 Å². The van der Waals surface area contributed by atoms with Crippen LogP contribution < -0.4 is 5.32 Å². The zero-order chi connectivity index (χ0) is 13.0. The molecule has 2 heterocycles. The lowest BCUT2D eigenvalue weighted by Crippen LogP contribution is -2.47. The molecule has 0 bridgehead atoms. The molecule has 0 aliphatic carbocycles. The highest BCUT2D eigenvalue weighted by Crippen LogP contribution is 2.19. The Hall–Kier alpha value is -0.870. The van der Waals surface area contributed by atoms with Crippen molar-refractivity contribution in [3.63, 3.8) is 0 Å². The van der Waals surface area contributed by atoms with E-state index in [0.717, 1.165) is 13.1 Å². The van der Waals surface area contributed by atoms with Gasteiger partial charge in [0.05, 0.1) is 6.54 Å². The molecule has 0 aromatic carbocycles. The second-order valence-electron chi connectivity index (χ2n) is 5.45. The highest BCUT2D eigenvalue weighted by molar-refractivity contribution is 4.93. The first-order valence-corrected chi connectivity index (χ1v) is 7.14. The minimum absolute atomic E-state index is 0.643. The molecule has 102 valence electrons. The van der Waals surface area contributed by atoms with Crippen LogP contribution in [0.15, 0.2) is 12.4 Å². The maximum Gasteiger partial charge on any atom is 0.122 e. The Morgan fingerprint density at radius 1 is 1.50 bits per heavy atom. The number of aryl methyl sites for hydroxylation is 1. The molecule has 0 spiro atoms. The number of piperidine rings is 1. The van der Waals surface area contributed by atoms with Crippen LogP contribution in [0.4, 0.5) is 0 Å². The monoisotopic (exact) mass is 250 g/mol. The third-order valence-corrected chi connectivity index (χ3v) is 3.96. The van der Waals surface area contributed by atoms with E-state index in [0.29, 0.717) is 12.1 Å². The van der Waals surface area contributed by atoms with Gasteiger partial charge in [0, 0.05) is 38.1 Å². The van der Waals surface area contributed by atoms with Gasteiger partial charge < -0.3 is 9.88 Å². The van der Waals surface area contributed by atoms with E-state index >= 15 is 0 Å². The van der Waals surface area contributed by atoms with E-state index in [1.807, 2.05) is 12.4 Å². The summed E-state index contributed by atoms with van der Waals surface area (Å²) in [6, 6.07) is 1.35. The SMILES string of the molecule is CCCNC1CCN(Cc2nccn2C)C(C)C1. The molecule has 0 amide bonds. The molecule has 18 heavy (non-hydrogen) atoms. The van der Waals surface area contributed by atoms with Gasteiger partial charge in [-0.25, -0.2) is 4.98 Å². The van der Waals surface area contributed by atoms with Gasteiger partial charge in [0.1, 0.15) is 5.82 Å². The molecule has 1 aliphatic rings. The fourth-order valence-corrected chi connectivity index (χ4v) is 2.72. The van der Waals surface area contributed by atoms with Crippen LogP contribution in [-0.4, -0.2) is 39.6 Å². The molecule has 2 atom stereocenters. The van der Waals surface area contributed by atoms with Crippen molar-refractivity contribution in [1.82, 2.24) is 19.8 Å². The Morgan fingerprint density at radius 2 is 2.33 bits per heavy atom. The van der Waals surface area contributed by atoms with Crippen LogP contribution in [0.3, 0.4) is 0 Å². The van der Waals surface area contributed by atoms with Crippen molar-refractivity contribution >= 4 is 0 Å². The topological polar surface area (TPSA) is 33.1 Å². The van der Waals surface area contributed by atoms with Crippen molar-refractivity contribution in [2.24, 2.45) is 7.05 Å². The summed E-state index contributed by atoms with van der Waals surface area (Å²) in [5.74, 6) is 1.17. The molecular weight excluding hydrogens is 224 g/mol. The number of nitrogens with zero attached hydrogens (tertiary/aromatic N) is 3. The summed E-state index contributed by atoms with van der Waals surface area (Å²) in [6.45, 7) is 7.87. The average Bonchev–Trinajstić information content (AvgIpc) is 2.75. The summed E-state index contributed by atoms with van der Waals surface area (Å²) in [5, 5.41) is 3.64. The van der Waals surface area contributed by atoms with E-state index in [1.165, 1.54) is 31.6 Å². The van der Waals surface area contributed by atoms with Gasteiger partial charge in [0.25, 0.3) is 0 Å². The fraction of sp³-hybridized carbons (Fsp3) is 0.786. The minimum atomic E-state index is 0.643. The van der Waals surface area contributed by atoms with Gasteiger partial charge in [-0.1, -0.05) is 6.92 Å². The van der Waals surface area contributed by atoms with Gasteiger partial charge in [0.2, 0.25) is 0 Å². The lowest BCUT2D eigenvalue weighted by atomic mass is 9.98. The van der Waals surface area contributed by atoms with E-state index in [2.05, 4.69) is 40.7 Å². The number of rotatable bonds is 5. The third-order valence-electron chi connectivity index (χ3n) is 3.96. The van der Waals surface area contributed by atoms with Crippen molar-refractivity contribution in [2.75, 3.05) is 13.1 Å². The molecule has 1 aromatic rings. The van der Waals surface area contributed by atoms with E-state index in [1.54, 1.807) is 0 Å². The first-order chi connectivity index (χ1) is 8.70. The summed E-state index contributed by atoms with van der Waals surface area (Å²) in [5.41, 5.74) is 0. The highest BCUT2D eigenvalue weighted by atomic mass is 15.2. The van der Waals surface area contributed by atoms with Crippen LogP contribution in [0.1, 0.15) is 38.9 Å². The number of imidazole rings is 1. The van der Waals surface area contributed by atoms with Crippen LogP contribution in [-0.2, 0) is 13.6 Å². The second-order valence-corrected chi connectivity index (χ2v) is 5.45. The average molecular weight is 250 g/mol. The molecule has 2 rings (SSSR count). The fourth-order valence-electron chi connectivity index (χ4n) is 2.72. The van der Waals surface area contributed by atoms with Crippen molar-refractivity contribution in [2.45, 2.75) is 51.7 Å². The molecule has 1 fully saturated rings. The Balaban J connectivity index is 1.84. The molecule has 1 N–H and O–H groups in total. The first-order valence-electron chi connectivity index (χ1n) is 7.14. The predicted octanol–water partition coefficient (Wildman–Crippen LogP) is 1.77. The molecule has 2 unspecified atom stereocenters. The number of aromatic nitrogens is 2. The van der Waals surface area contributed by atoms with Crippen LogP contribution in [0.2, 0.25) is 0 Å². The standard InChI is InChI=1S/C14H26N4/c1-4-6-15-13-5-8-18(12(2)10-13)11-14-16-7-9-17(14)3/h7,9,12-13,15H,4-6,8,10-11H2,1-3H3. The molecule has 4 nitrogen and oxygen atoms in total. The van der Waals surface area contributed by atoms with E-state index in [-0.39, 0.29) is 0 Å². The van der Waals surface area contributed by atoms with Crippen LogP contribution in [0, 0.1) is 0 Å². The third kappa shape index (κ3) is 3.33. The smallest absolute Gasteiger partial charge is 0.122 e. The quantitative estimate of drug-likeness (QED) is 0.864. The summed E-state index contributed by atoms with van der Waals surface area (Å²) in [6.07, 6.45) is 7.65. The molecule has 1 aromatic heterocycles. The minimum Gasteiger partial charge on any atom is -0.337 e. The van der Waals surface area contributed by atoms with Gasteiger partial charge in [-0.3, -0.25) is 4.90 Å². The molecule has 4 heteroatoms. The number of likely N-dealkylation sites (tertiary alicyclic amines) is 1. The summed E-state index contributed by atoms with van der Waals surface area (Å²) < 4.78 is 2.12. The highest BCUT2D eigenvalue weighted by Gasteiger charge is 2.25. The van der Waals surface area contributed by atoms with E-state index < -0.39 is 0 Å². The molecule has 0 radical (unpaired) electrons. The van der Waals surface area contributed by atoms with Crippen molar-refractivity contribution < 1.29 is 0 Å². The van der Waals surface area contributed by atoms with E-state index in [4.69, 9.17) is 0 Å². The number of nitrogens with one attached hydrogen (secondary N) is 1. The zero-order valence-corrected chi connectivity index (χ0v) is 11.9. The molecule has 0 saturated carbocycles. The van der Waals surface area contributed by atoms with Crippen LogP contribution in [0.25, 0.3) is 0 Å². The van der Waals surface area contributed by atoms with Gasteiger partial charge in [-0.05, 0) is 32.7 Å². The normalized spacial score (nSPS) is 25.5. The number of hydrogen-bond donors (Lipinski definition) is 1. The predicted molar refractivity (Wildman–Crippen MR) is 74.4 cm³/mol. The largest absolute Gasteiger partial charge is 0.337 e. The maximum atomic E-state index is 4.42. The lowest BCUT2D eigenvalue weighted by Gasteiger charge is -2.37. The maximum absolute atomic E-state index is 4.42. The van der Waals surface area contributed by atoms with Crippen molar-refractivity contribution in [1.29, 1.82) is 0 Å². The number of hydrogen-bond acceptors (Lipinski definition) is 3. The zero-order valence-electron chi connectivity index (χ0n) is 11.9. The lowest BCUT2D eigenvalue weighted by molar-refractivity contribution is 0.124. The summed E-state index contributed by atoms with van der Waals surface area (Å²) in [4.78, 5) is 6.97. The van der Waals surface area contributed by atoms with E-state index in [9.17, 15) is 0 Å². The molecular formula is C14H26N4. The first kappa shape index (κ1) is 13.6. The Kier molecular flexibility index (Phi) is 4.78. The van der Waals surface area contributed by atoms with Gasteiger partial charge >= 0.3 is 0 Å². The van der Waals surface area contributed by atoms with Crippen molar-refractivity contribution in [3.8, 4) is 0 Å². The van der Waals surface area contributed by atoms with Gasteiger partial charge in [-0.15, -0.1) is 0 Å². The summed E-state index contributed by atoms with van der Waals surface area (Å²) >= 11 is 0.